The molecule has 1 N–H and O–H groups in total. The summed E-state index contributed by atoms with van der Waals surface area (Å²) in [5.74, 6) is 0. The van der Waals surface area contributed by atoms with Gasteiger partial charge in [-0.3, -0.25) is 0 Å². The summed E-state index contributed by atoms with van der Waals surface area (Å²) >= 11 is 0. The predicted molar refractivity (Wildman–Crippen MR) is 54.4 cm³/mol. The minimum atomic E-state index is 1.01. The summed E-state index contributed by atoms with van der Waals surface area (Å²) in [6.45, 7) is 3.05. The lowest BCUT2D eigenvalue weighted by molar-refractivity contribution is 1.06. The first-order valence-electron chi connectivity index (χ1n) is 4.33. The second-order valence-electron chi connectivity index (χ2n) is 2.65. The zero-order chi connectivity index (χ0) is 8.65. The van der Waals surface area contributed by atoms with E-state index in [1.54, 1.807) is 0 Å². The maximum atomic E-state index is 3.33. The summed E-state index contributed by atoms with van der Waals surface area (Å²) in [6, 6.07) is 10.3. The van der Waals surface area contributed by atoms with E-state index in [0.29, 0.717) is 0 Å². The van der Waals surface area contributed by atoms with Crippen LogP contribution in [0.2, 0.25) is 0 Å². The molecule has 1 aromatic rings. The van der Waals surface area contributed by atoms with Crippen LogP contribution in [0.25, 0.3) is 0 Å². The molecule has 0 bridgehead atoms. The molecule has 0 atom stereocenters. The molecule has 0 spiro atoms. The highest BCUT2D eigenvalue weighted by molar-refractivity contribution is 5.42. The Labute approximate surface area is 74.1 Å². The third-order valence-corrected chi connectivity index (χ3v) is 1.65. The fourth-order valence-electron chi connectivity index (χ4n) is 1.02. The predicted octanol–water partition coefficient (Wildman–Crippen LogP) is 3.06. The molecule has 12 heavy (non-hydrogen) atoms. The van der Waals surface area contributed by atoms with Crippen molar-refractivity contribution < 1.29 is 0 Å². The van der Waals surface area contributed by atoms with Gasteiger partial charge in [0.2, 0.25) is 0 Å². The first-order chi connectivity index (χ1) is 5.93. The number of hydrogen-bond acceptors (Lipinski definition) is 1. The lowest BCUT2D eigenvalue weighted by Crippen LogP contribution is -1.99. The molecule has 1 rings (SSSR count). The van der Waals surface area contributed by atoms with E-state index in [2.05, 4.69) is 29.6 Å². The van der Waals surface area contributed by atoms with Crippen LogP contribution in [0, 0.1) is 0 Å². The van der Waals surface area contributed by atoms with Gasteiger partial charge in [-0.15, -0.1) is 0 Å². The average Bonchev–Trinajstić information content (AvgIpc) is 2.14. The second-order valence-corrected chi connectivity index (χ2v) is 2.65. The quantitative estimate of drug-likeness (QED) is 0.528. The number of para-hydroxylation sites is 1. The van der Waals surface area contributed by atoms with Crippen molar-refractivity contribution in [1.82, 2.24) is 0 Å². The molecule has 0 fully saturated rings. The second kappa shape index (κ2) is 5.42. The van der Waals surface area contributed by atoms with Gasteiger partial charge in [0, 0.05) is 12.2 Å². The van der Waals surface area contributed by atoms with Crippen molar-refractivity contribution in [3.8, 4) is 0 Å². The summed E-state index contributed by atoms with van der Waals surface area (Å²) in [6.07, 6.45) is 5.33. The van der Waals surface area contributed by atoms with Crippen LogP contribution in [-0.2, 0) is 0 Å². The van der Waals surface area contributed by atoms with Crippen LogP contribution in [0.15, 0.2) is 42.5 Å². The topological polar surface area (TPSA) is 12.0 Å². The molecule has 0 heterocycles. The van der Waals surface area contributed by atoms with Gasteiger partial charge in [0.15, 0.2) is 0 Å². The van der Waals surface area contributed by atoms with Crippen LogP contribution >= 0.6 is 0 Å². The van der Waals surface area contributed by atoms with E-state index in [4.69, 9.17) is 0 Å². The fraction of sp³-hybridized carbons (Fsp3) is 0.273. The molecular formula is C11H15N. The molecule has 0 radical (unpaired) electrons. The standard InChI is InChI=1S/C11H15N/c1-2-3-7-10-12-11-8-5-4-6-9-11/h2-6,8-9,12H,7,10H2,1H3. The van der Waals surface area contributed by atoms with E-state index in [1.807, 2.05) is 25.1 Å². The molecule has 64 valence electrons. The van der Waals surface area contributed by atoms with E-state index < -0.39 is 0 Å². The molecule has 0 unspecified atom stereocenters. The van der Waals surface area contributed by atoms with E-state index in [9.17, 15) is 0 Å². The minimum Gasteiger partial charge on any atom is -0.385 e. The Bertz CT molecular complexity index is 226. The average molecular weight is 161 g/mol. The Morgan fingerprint density at radius 3 is 2.67 bits per heavy atom. The van der Waals surface area contributed by atoms with Crippen molar-refractivity contribution in [1.29, 1.82) is 0 Å². The summed E-state index contributed by atoms with van der Waals surface area (Å²) in [4.78, 5) is 0. The summed E-state index contributed by atoms with van der Waals surface area (Å²) < 4.78 is 0. The number of allylic oxidation sites excluding steroid dienone is 1. The molecule has 0 aliphatic rings. The summed E-state index contributed by atoms with van der Waals surface area (Å²) in [5.41, 5.74) is 1.20. The van der Waals surface area contributed by atoms with Crippen LogP contribution in [0.5, 0.6) is 0 Å². The van der Waals surface area contributed by atoms with Gasteiger partial charge in [-0.2, -0.15) is 0 Å². The minimum absolute atomic E-state index is 1.01. The van der Waals surface area contributed by atoms with Crippen LogP contribution in [0.4, 0.5) is 5.69 Å². The van der Waals surface area contributed by atoms with Crippen molar-refractivity contribution in [2.45, 2.75) is 13.3 Å². The molecule has 0 aromatic heterocycles. The lowest BCUT2D eigenvalue weighted by Gasteiger charge is -2.02. The molecule has 0 aliphatic carbocycles. The molecular weight excluding hydrogens is 146 g/mol. The van der Waals surface area contributed by atoms with Gasteiger partial charge in [0.25, 0.3) is 0 Å². The van der Waals surface area contributed by atoms with E-state index in [-0.39, 0.29) is 0 Å². The molecule has 1 aromatic carbocycles. The van der Waals surface area contributed by atoms with Gasteiger partial charge in [0.1, 0.15) is 0 Å². The van der Waals surface area contributed by atoms with E-state index in [0.717, 1.165) is 13.0 Å². The highest BCUT2D eigenvalue weighted by atomic mass is 14.9. The number of hydrogen-bond donors (Lipinski definition) is 1. The zero-order valence-electron chi connectivity index (χ0n) is 7.46. The van der Waals surface area contributed by atoms with Crippen molar-refractivity contribution in [3.63, 3.8) is 0 Å². The lowest BCUT2D eigenvalue weighted by atomic mass is 10.3. The van der Waals surface area contributed by atoms with Gasteiger partial charge < -0.3 is 5.32 Å². The number of rotatable bonds is 4. The smallest absolute Gasteiger partial charge is 0.0340 e. The number of benzene rings is 1. The van der Waals surface area contributed by atoms with Gasteiger partial charge in [-0.1, -0.05) is 30.4 Å². The van der Waals surface area contributed by atoms with Crippen LogP contribution in [-0.4, -0.2) is 6.54 Å². The van der Waals surface area contributed by atoms with Crippen LogP contribution < -0.4 is 5.32 Å². The summed E-state index contributed by atoms with van der Waals surface area (Å²) in [5, 5.41) is 3.33. The highest BCUT2D eigenvalue weighted by Crippen LogP contribution is 2.04. The molecule has 1 nitrogen and oxygen atoms in total. The van der Waals surface area contributed by atoms with Gasteiger partial charge in [-0.25, -0.2) is 0 Å². The van der Waals surface area contributed by atoms with Crippen molar-refractivity contribution in [2.75, 3.05) is 11.9 Å². The Morgan fingerprint density at radius 2 is 2.00 bits per heavy atom. The van der Waals surface area contributed by atoms with Gasteiger partial charge in [-0.05, 0) is 25.5 Å². The van der Waals surface area contributed by atoms with Crippen molar-refractivity contribution in [2.24, 2.45) is 0 Å². The van der Waals surface area contributed by atoms with Gasteiger partial charge in [0.05, 0.1) is 0 Å². The highest BCUT2D eigenvalue weighted by Gasteiger charge is 1.85. The maximum absolute atomic E-state index is 3.33. The normalized spacial score (nSPS) is 10.4. The first kappa shape index (κ1) is 8.85. The molecule has 1 heteroatoms. The Hall–Kier alpha value is -1.24. The molecule has 0 amide bonds. The number of anilines is 1. The summed E-state index contributed by atoms with van der Waals surface area (Å²) in [7, 11) is 0. The van der Waals surface area contributed by atoms with Gasteiger partial charge >= 0.3 is 0 Å². The fourth-order valence-corrected chi connectivity index (χ4v) is 1.02. The third-order valence-electron chi connectivity index (χ3n) is 1.65. The zero-order valence-corrected chi connectivity index (χ0v) is 7.46. The van der Waals surface area contributed by atoms with E-state index in [1.165, 1.54) is 5.69 Å². The van der Waals surface area contributed by atoms with Crippen molar-refractivity contribution in [3.05, 3.63) is 42.5 Å². The van der Waals surface area contributed by atoms with Crippen LogP contribution in [0.1, 0.15) is 13.3 Å². The Kier molecular flexibility index (Phi) is 4.00. The maximum Gasteiger partial charge on any atom is 0.0340 e. The van der Waals surface area contributed by atoms with Crippen LogP contribution in [0.3, 0.4) is 0 Å². The molecule has 0 aliphatic heterocycles. The Balaban J connectivity index is 2.24. The Morgan fingerprint density at radius 1 is 1.25 bits per heavy atom. The first-order valence-corrected chi connectivity index (χ1v) is 4.33. The third kappa shape index (κ3) is 3.24. The molecule has 0 saturated heterocycles. The van der Waals surface area contributed by atoms with Crippen molar-refractivity contribution >= 4 is 5.69 Å². The SMILES string of the molecule is CC=CCCNc1ccccc1. The number of nitrogens with one attached hydrogen (secondary N) is 1. The molecule has 0 saturated carbocycles. The largest absolute Gasteiger partial charge is 0.385 e. The monoisotopic (exact) mass is 161 g/mol. The van der Waals surface area contributed by atoms with E-state index >= 15 is 0 Å².